The minimum atomic E-state index is -0.715. The highest BCUT2D eigenvalue weighted by molar-refractivity contribution is 6.02. The van der Waals surface area contributed by atoms with Crippen molar-refractivity contribution < 1.29 is 19.4 Å². The Morgan fingerprint density at radius 2 is 2.03 bits per heavy atom. The number of β-amino-alcohol motifs (C(OH)–C–C–N with tert-alkyl or cyclic N) is 1. The van der Waals surface area contributed by atoms with Crippen molar-refractivity contribution in [3.05, 3.63) is 41.3 Å². The number of anilines is 1. The van der Waals surface area contributed by atoms with Gasteiger partial charge in [-0.1, -0.05) is 6.07 Å². The molecule has 0 saturated carbocycles. The van der Waals surface area contributed by atoms with Crippen LogP contribution in [-0.2, 0) is 16.8 Å². The summed E-state index contributed by atoms with van der Waals surface area (Å²) in [5.74, 6) is 0.0787. The van der Waals surface area contributed by atoms with Gasteiger partial charge in [-0.05, 0) is 32.9 Å². The zero-order valence-electron chi connectivity index (χ0n) is 21.2. The van der Waals surface area contributed by atoms with Crippen molar-refractivity contribution in [2.75, 3.05) is 44.7 Å². The molecule has 2 fully saturated rings. The van der Waals surface area contributed by atoms with Crippen LogP contribution in [0.5, 0.6) is 0 Å². The van der Waals surface area contributed by atoms with E-state index in [9.17, 15) is 14.7 Å². The fraction of sp³-hybridized carbons (Fsp3) is 0.600. The number of pyridine rings is 1. The molecule has 3 aliphatic heterocycles. The van der Waals surface area contributed by atoms with E-state index in [1.54, 1.807) is 24.4 Å². The van der Waals surface area contributed by atoms with Crippen molar-refractivity contribution in [2.24, 2.45) is 0 Å². The van der Waals surface area contributed by atoms with E-state index < -0.39 is 11.1 Å². The maximum atomic E-state index is 13.7. The van der Waals surface area contributed by atoms with E-state index in [1.165, 1.54) is 0 Å². The fourth-order valence-corrected chi connectivity index (χ4v) is 5.54. The van der Waals surface area contributed by atoms with E-state index in [0.717, 1.165) is 11.3 Å². The molecule has 0 aromatic carbocycles. The fourth-order valence-electron chi connectivity index (χ4n) is 5.54. The molecule has 1 atom stereocenters. The van der Waals surface area contributed by atoms with Gasteiger partial charge in [0.15, 0.2) is 5.82 Å². The first-order valence-electron chi connectivity index (χ1n) is 12.6. The lowest BCUT2D eigenvalue weighted by molar-refractivity contribution is -0.0859. The van der Waals surface area contributed by atoms with Crippen LogP contribution in [0.3, 0.4) is 0 Å². The van der Waals surface area contributed by atoms with Crippen molar-refractivity contribution in [2.45, 2.75) is 57.3 Å². The zero-order chi connectivity index (χ0) is 25.5. The van der Waals surface area contributed by atoms with Crippen LogP contribution in [-0.4, -0.2) is 98.0 Å². The summed E-state index contributed by atoms with van der Waals surface area (Å²) in [5.41, 5.74) is 0.608. The molecule has 0 bridgehead atoms. The molecule has 3 N–H and O–H groups in total. The Morgan fingerprint density at radius 3 is 2.72 bits per heavy atom. The Kier molecular flexibility index (Phi) is 6.48. The van der Waals surface area contributed by atoms with E-state index in [2.05, 4.69) is 32.3 Å². The van der Waals surface area contributed by atoms with Crippen LogP contribution in [0.15, 0.2) is 24.4 Å². The second kappa shape index (κ2) is 9.45. The number of urea groups is 1. The standard InChI is InChI=1S/C25H35N7O4/c1-17-14-30(16-25(35)7-12-36-13-8-25)10-11-31(17)23(34)32-15-18-20(24(32,2)3)28-29-21(18)27-22(33)19-6-4-5-9-26-19/h4-6,9,17,35H,7-8,10-16H2,1-3H3,(H2,27,28,29,33). The molecule has 3 amide bonds. The summed E-state index contributed by atoms with van der Waals surface area (Å²) in [4.78, 5) is 36.5. The van der Waals surface area contributed by atoms with Crippen LogP contribution >= 0.6 is 0 Å². The first-order valence-corrected chi connectivity index (χ1v) is 12.6. The highest BCUT2D eigenvalue weighted by Crippen LogP contribution is 2.41. The van der Waals surface area contributed by atoms with Gasteiger partial charge < -0.3 is 25.0 Å². The number of aromatic amines is 1. The minimum Gasteiger partial charge on any atom is -0.388 e. The first-order chi connectivity index (χ1) is 17.2. The summed E-state index contributed by atoms with van der Waals surface area (Å²) >= 11 is 0. The number of H-pyrrole nitrogens is 1. The van der Waals surface area contributed by atoms with Crippen molar-refractivity contribution in [3.8, 4) is 0 Å². The maximum absolute atomic E-state index is 13.7. The number of nitrogens with zero attached hydrogens (tertiary/aromatic N) is 5. The second-order valence-electron chi connectivity index (χ2n) is 10.6. The lowest BCUT2D eigenvalue weighted by Gasteiger charge is -2.46. The van der Waals surface area contributed by atoms with Crippen LogP contribution in [0.4, 0.5) is 10.6 Å². The van der Waals surface area contributed by atoms with E-state index in [-0.39, 0.29) is 18.0 Å². The number of aromatic nitrogens is 3. The highest BCUT2D eigenvalue weighted by Gasteiger charge is 2.46. The van der Waals surface area contributed by atoms with Gasteiger partial charge in [-0.3, -0.25) is 19.8 Å². The van der Waals surface area contributed by atoms with Gasteiger partial charge in [-0.2, -0.15) is 5.10 Å². The Bertz CT molecular complexity index is 1110. The Morgan fingerprint density at radius 1 is 1.25 bits per heavy atom. The topological polar surface area (TPSA) is 127 Å². The number of aliphatic hydroxyl groups is 1. The average molecular weight is 498 g/mol. The predicted octanol–water partition coefficient (Wildman–Crippen LogP) is 1.78. The van der Waals surface area contributed by atoms with Gasteiger partial charge in [0.1, 0.15) is 5.69 Å². The summed E-state index contributed by atoms with van der Waals surface area (Å²) in [6.07, 6.45) is 2.86. The molecule has 36 heavy (non-hydrogen) atoms. The van der Waals surface area contributed by atoms with Crippen molar-refractivity contribution >= 4 is 17.8 Å². The number of piperazine rings is 1. The highest BCUT2D eigenvalue weighted by atomic mass is 16.5. The Hall–Kier alpha value is -3.02. The third kappa shape index (κ3) is 4.58. The molecular weight excluding hydrogens is 462 g/mol. The quantitative estimate of drug-likeness (QED) is 0.588. The van der Waals surface area contributed by atoms with E-state index in [4.69, 9.17) is 4.74 Å². The molecule has 0 radical (unpaired) electrons. The van der Waals surface area contributed by atoms with Gasteiger partial charge in [-0.25, -0.2) is 4.79 Å². The molecule has 3 aliphatic rings. The van der Waals surface area contributed by atoms with E-state index in [1.807, 2.05) is 23.6 Å². The van der Waals surface area contributed by atoms with Gasteiger partial charge in [0.05, 0.1) is 23.4 Å². The zero-order valence-corrected chi connectivity index (χ0v) is 21.2. The maximum Gasteiger partial charge on any atom is 0.321 e. The molecule has 2 saturated heterocycles. The number of amides is 3. The number of nitrogens with one attached hydrogen (secondary N) is 2. The summed E-state index contributed by atoms with van der Waals surface area (Å²) in [5, 5.41) is 21.1. The smallest absolute Gasteiger partial charge is 0.321 e. The molecule has 11 nitrogen and oxygen atoms in total. The number of carbonyl (C=O) groups excluding carboxylic acids is 2. The lowest BCUT2D eigenvalue weighted by Crippen LogP contribution is -2.60. The summed E-state index contributed by atoms with van der Waals surface area (Å²) in [6, 6.07) is 5.12. The molecular formula is C25H35N7O4. The van der Waals surface area contributed by atoms with Crippen LogP contribution < -0.4 is 5.32 Å². The van der Waals surface area contributed by atoms with Crippen LogP contribution in [0.25, 0.3) is 0 Å². The number of carbonyl (C=O) groups is 2. The SMILES string of the molecule is CC1CN(CC2(O)CCOCC2)CCN1C(=O)N1Cc2c(NC(=O)c3ccccn3)n[nH]c2C1(C)C. The monoisotopic (exact) mass is 497 g/mol. The molecule has 0 spiro atoms. The average Bonchev–Trinajstić information content (AvgIpc) is 3.37. The lowest BCUT2D eigenvalue weighted by atomic mass is 9.93. The second-order valence-corrected chi connectivity index (χ2v) is 10.6. The number of hydrogen-bond acceptors (Lipinski definition) is 7. The third-order valence-corrected chi connectivity index (χ3v) is 7.73. The molecule has 2 aromatic heterocycles. The van der Waals surface area contributed by atoms with Crippen molar-refractivity contribution in [3.63, 3.8) is 0 Å². The van der Waals surface area contributed by atoms with Crippen molar-refractivity contribution in [1.82, 2.24) is 29.9 Å². The minimum absolute atomic E-state index is 0.00545. The number of rotatable bonds is 4. The first kappa shape index (κ1) is 24.7. The van der Waals surface area contributed by atoms with E-state index >= 15 is 0 Å². The van der Waals surface area contributed by atoms with Crippen LogP contribution in [0.2, 0.25) is 0 Å². The van der Waals surface area contributed by atoms with Crippen molar-refractivity contribution in [1.29, 1.82) is 0 Å². The Balaban J connectivity index is 1.25. The number of hydrogen-bond donors (Lipinski definition) is 3. The molecule has 0 aliphatic carbocycles. The summed E-state index contributed by atoms with van der Waals surface area (Å²) < 4.78 is 5.40. The van der Waals surface area contributed by atoms with Gasteiger partial charge in [0.2, 0.25) is 0 Å². The number of fused-ring (bicyclic) bond motifs is 1. The molecule has 11 heteroatoms. The molecule has 5 heterocycles. The molecule has 194 valence electrons. The molecule has 2 aromatic rings. The van der Waals surface area contributed by atoms with E-state index in [0.29, 0.717) is 70.3 Å². The largest absolute Gasteiger partial charge is 0.388 e. The summed E-state index contributed by atoms with van der Waals surface area (Å²) in [7, 11) is 0. The Labute approximate surface area is 210 Å². The van der Waals surface area contributed by atoms with Gasteiger partial charge >= 0.3 is 6.03 Å². The van der Waals surface area contributed by atoms with Crippen LogP contribution in [0, 0.1) is 0 Å². The van der Waals surface area contributed by atoms with Gasteiger partial charge in [0.25, 0.3) is 5.91 Å². The number of ether oxygens (including phenoxy) is 1. The van der Waals surface area contributed by atoms with Crippen LogP contribution in [0.1, 0.15) is 55.4 Å². The normalized spacial score (nSPS) is 23.4. The summed E-state index contributed by atoms with van der Waals surface area (Å²) in [6.45, 7) is 10.2. The third-order valence-electron chi connectivity index (χ3n) is 7.73. The molecule has 1 unspecified atom stereocenters. The molecule has 5 rings (SSSR count). The van der Waals surface area contributed by atoms with Gasteiger partial charge in [-0.15, -0.1) is 0 Å². The predicted molar refractivity (Wildman–Crippen MR) is 132 cm³/mol. The van der Waals surface area contributed by atoms with Gasteiger partial charge in [0, 0.05) is 70.0 Å².